The molecule has 0 saturated carbocycles. The van der Waals surface area contributed by atoms with E-state index in [0.29, 0.717) is 6.42 Å². The van der Waals surface area contributed by atoms with Crippen molar-refractivity contribution in [2.24, 2.45) is 5.41 Å². The molecule has 4 nitrogen and oxygen atoms in total. The summed E-state index contributed by atoms with van der Waals surface area (Å²) in [6, 6.07) is 0. The van der Waals surface area contributed by atoms with Crippen LogP contribution in [0.5, 0.6) is 0 Å². The fraction of sp³-hybridized carbons (Fsp3) is 0.800. The van der Waals surface area contributed by atoms with E-state index in [1.807, 2.05) is 20.8 Å². The first kappa shape index (κ1) is 11.2. The van der Waals surface area contributed by atoms with Gasteiger partial charge in [-0.05, 0) is 20.3 Å². The molecule has 0 bridgehead atoms. The van der Waals surface area contributed by atoms with Crippen molar-refractivity contribution in [3.05, 3.63) is 0 Å². The fourth-order valence-electron chi connectivity index (χ4n) is 0.989. The zero-order valence-electron chi connectivity index (χ0n) is 8.83. The predicted octanol–water partition coefficient (Wildman–Crippen LogP) is 1.28. The zero-order chi connectivity index (χ0) is 10.8. The molecule has 0 spiro atoms. The standard InChI is InChI=1S/C10H16O4/c1-4-10(2,3)9(12)14-8-5-7(11)6-13-8/h8H,4-6H2,1-3H3. The number of esters is 1. The van der Waals surface area contributed by atoms with Gasteiger partial charge in [-0.15, -0.1) is 0 Å². The smallest absolute Gasteiger partial charge is 0.313 e. The number of rotatable bonds is 3. The lowest BCUT2D eigenvalue weighted by Gasteiger charge is -2.22. The minimum atomic E-state index is -0.666. The average molecular weight is 200 g/mol. The Bertz CT molecular complexity index is 245. The van der Waals surface area contributed by atoms with Crippen molar-refractivity contribution in [2.45, 2.75) is 39.9 Å². The van der Waals surface area contributed by atoms with Crippen LogP contribution in [-0.4, -0.2) is 24.6 Å². The normalized spacial score (nSPS) is 22.5. The largest absolute Gasteiger partial charge is 0.435 e. The topological polar surface area (TPSA) is 52.6 Å². The molecule has 0 radical (unpaired) electrons. The van der Waals surface area contributed by atoms with E-state index in [9.17, 15) is 9.59 Å². The van der Waals surface area contributed by atoms with Crippen LogP contribution in [0.15, 0.2) is 0 Å². The van der Waals surface area contributed by atoms with Gasteiger partial charge in [0.25, 0.3) is 0 Å². The summed E-state index contributed by atoms with van der Waals surface area (Å²) in [6.07, 6.45) is 0.221. The first-order chi connectivity index (χ1) is 6.45. The number of carbonyl (C=O) groups is 2. The van der Waals surface area contributed by atoms with Crippen molar-refractivity contribution >= 4 is 11.8 Å². The van der Waals surface area contributed by atoms with Gasteiger partial charge in [-0.2, -0.15) is 0 Å². The molecule has 1 saturated heterocycles. The predicted molar refractivity (Wildman–Crippen MR) is 49.5 cm³/mol. The van der Waals surface area contributed by atoms with Crippen LogP contribution in [0, 0.1) is 5.41 Å². The van der Waals surface area contributed by atoms with Gasteiger partial charge >= 0.3 is 5.97 Å². The molecule has 1 aliphatic rings. The Hall–Kier alpha value is -0.900. The maximum atomic E-state index is 11.5. The summed E-state index contributed by atoms with van der Waals surface area (Å²) < 4.78 is 10.0. The summed E-state index contributed by atoms with van der Waals surface area (Å²) in [6.45, 7) is 5.60. The summed E-state index contributed by atoms with van der Waals surface area (Å²) >= 11 is 0. The van der Waals surface area contributed by atoms with Crippen LogP contribution in [0.2, 0.25) is 0 Å². The Morgan fingerprint density at radius 3 is 2.71 bits per heavy atom. The van der Waals surface area contributed by atoms with Crippen LogP contribution in [0.25, 0.3) is 0 Å². The number of hydrogen-bond acceptors (Lipinski definition) is 4. The van der Waals surface area contributed by atoms with Gasteiger partial charge in [0.15, 0.2) is 5.78 Å². The minimum Gasteiger partial charge on any atom is -0.435 e. The number of ether oxygens (including phenoxy) is 2. The van der Waals surface area contributed by atoms with Crippen LogP contribution in [-0.2, 0) is 19.1 Å². The molecule has 0 aromatic carbocycles. The summed E-state index contributed by atoms with van der Waals surface area (Å²) in [5, 5.41) is 0. The van der Waals surface area contributed by atoms with Crippen molar-refractivity contribution in [3.63, 3.8) is 0 Å². The van der Waals surface area contributed by atoms with Crippen molar-refractivity contribution < 1.29 is 19.1 Å². The third-order valence-electron chi connectivity index (χ3n) is 2.50. The summed E-state index contributed by atoms with van der Waals surface area (Å²) in [7, 11) is 0. The van der Waals surface area contributed by atoms with Gasteiger partial charge in [-0.25, -0.2) is 0 Å². The fourth-order valence-corrected chi connectivity index (χ4v) is 0.989. The van der Waals surface area contributed by atoms with E-state index >= 15 is 0 Å². The van der Waals surface area contributed by atoms with E-state index in [1.165, 1.54) is 0 Å². The molecule has 0 aromatic rings. The molecular formula is C10H16O4. The van der Waals surface area contributed by atoms with E-state index < -0.39 is 11.7 Å². The van der Waals surface area contributed by atoms with E-state index in [2.05, 4.69) is 0 Å². The van der Waals surface area contributed by atoms with Gasteiger partial charge in [0.05, 0.1) is 11.8 Å². The van der Waals surface area contributed by atoms with E-state index in [4.69, 9.17) is 9.47 Å². The van der Waals surface area contributed by atoms with E-state index in [0.717, 1.165) is 0 Å². The van der Waals surface area contributed by atoms with E-state index in [1.54, 1.807) is 0 Å². The summed E-state index contributed by atoms with van der Waals surface area (Å²) in [5.74, 6) is -0.322. The lowest BCUT2D eigenvalue weighted by Crippen LogP contribution is -2.29. The molecule has 0 aliphatic carbocycles. The molecule has 0 amide bonds. The van der Waals surface area contributed by atoms with Gasteiger partial charge in [0.1, 0.15) is 6.61 Å². The molecule has 1 heterocycles. The summed E-state index contributed by atoms with van der Waals surface area (Å²) in [4.78, 5) is 22.4. The molecule has 1 atom stereocenters. The van der Waals surface area contributed by atoms with Gasteiger partial charge < -0.3 is 9.47 Å². The highest BCUT2D eigenvalue weighted by atomic mass is 16.7. The first-order valence-corrected chi connectivity index (χ1v) is 4.80. The molecule has 0 aromatic heterocycles. The minimum absolute atomic E-state index is 0.0166. The van der Waals surface area contributed by atoms with Crippen molar-refractivity contribution in [2.75, 3.05) is 6.61 Å². The van der Waals surface area contributed by atoms with Gasteiger partial charge in [-0.1, -0.05) is 6.92 Å². The Balaban J connectivity index is 2.45. The Kier molecular flexibility index (Phi) is 3.26. The highest BCUT2D eigenvalue weighted by Crippen LogP contribution is 2.24. The van der Waals surface area contributed by atoms with Crippen LogP contribution in [0.4, 0.5) is 0 Å². The Morgan fingerprint density at radius 2 is 2.29 bits per heavy atom. The number of Topliss-reactive ketones (excluding diaryl/α,β-unsaturated/α-hetero) is 1. The molecule has 1 unspecified atom stereocenters. The number of ketones is 1. The molecule has 4 heteroatoms. The highest BCUT2D eigenvalue weighted by Gasteiger charge is 2.33. The number of hydrogen-bond donors (Lipinski definition) is 0. The third kappa shape index (κ3) is 2.54. The second-order valence-corrected chi connectivity index (χ2v) is 4.13. The molecular weight excluding hydrogens is 184 g/mol. The third-order valence-corrected chi connectivity index (χ3v) is 2.50. The van der Waals surface area contributed by atoms with Crippen molar-refractivity contribution in [1.82, 2.24) is 0 Å². The highest BCUT2D eigenvalue weighted by molar-refractivity contribution is 5.82. The zero-order valence-corrected chi connectivity index (χ0v) is 8.83. The first-order valence-electron chi connectivity index (χ1n) is 4.80. The molecule has 80 valence electrons. The molecule has 1 rings (SSSR count). The number of carbonyl (C=O) groups excluding carboxylic acids is 2. The average Bonchev–Trinajstić information content (AvgIpc) is 2.51. The van der Waals surface area contributed by atoms with Crippen LogP contribution < -0.4 is 0 Å². The molecule has 14 heavy (non-hydrogen) atoms. The van der Waals surface area contributed by atoms with Gasteiger partial charge in [0.2, 0.25) is 6.29 Å². The maximum Gasteiger partial charge on any atom is 0.313 e. The van der Waals surface area contributed by atoms with Gasteiger partial charge in [0, 0.05) is 0 Å². The van der Waals surface area contributed by atoms with Crippen LogP contribution in [0.1, 0.15) is 33.6 Å². The lowest BCUT2D eigenvalue weighted by molar-refractivity contribution is -0.180. The lowest BCUT2D eigenvalue weighted by atomic mass is 9.91. The van der Waals surface area contributed by atoms with Crippen molar-refractivity contribution in [3.8, 4) is 0 Å². The van der Waals surface area contributed by atoms with E-state index in [-0.39, 0.29) is 24.8 Å². The second-order valence-electron chi connectivity index (χ2n) is 4.13. The molecule has 1 fully saturated rings. The monoisotopic (exact) mass is 200 g/mol. The maximum absolute atomic E-state index is 11.5. The SMILES string of the molecule is CCC(C)(C)C(=O)OC1CC(=O)CO1. The molecule has 0 N–H and O–H groups in total. The Morgan fingerprint density at radius 1 is 1.64 bits per heavy atom. The Labute approximate surface area is 83.6 Å². The van der Waals surface area contributed by atoms with Crippen molar-refractivity contribution in [1.29, 1.82) is 0 Å². The second kappa shape index (κ2) is 4.09. The van der Waals surface area contributed by atoms with Gasteiger partial charge in [-0.3, -0.25) is 9.59 Å². The molecule has 1 aliphatic heterocycles. The van der Waals surface area contributed by atoms with Crippen LogP contribution in [0.3, 0.4) is 0 Å². The van der Waals surface area contributed by atoms with Crippen LogP contribution >= 0.6 is 0 Å². The quantitative estimate of drug-likeness (QED) is 0.644. The summed E-state index contributed by atoms with van der Waals surface area (Å²) in [5.41, 5.74) is -0.505.